The molecule has 38 heavy (non-hydrogen) atoms. The first kappa shape index (κ1) is 25.1. The van der Waals surface area contributed by atoms with Gasteiger partial charge in [0.25, 0.3) is 0 Å². The first-order valence-electron chi connectivity index (χ1n) is 12.8. The van der Waals surface area contributed by atoms with Crippen molar-refractivity contribution in [2.45, 2.75) is 6.55 Å². The summed E-state index contributed by atoms with van der Waals surface area (Å²) in [5, 5.41) is 4.33. The molecule has 0 atom stereocenters. The highest BCUT2D eigenvalue weighted by molar-refractivity contribution is 9.10. The molecular weight excluding hydrogens is 608 g/mol. The third-order valence-electron chi connectivity index (χ3n) is 7.49. The molecule has 0 nitrogen and oxygen atoms in total. The van der Waals surface area contributed by atoms with Gasteiger partial charge in [0.1, 0.15) is 8.07 Å². The fourth-order valence-electron chi connectivity index (χ4n) is 5.82. The smallest absolute Gasteiger partial charge is 0.0624 e. The first-order valence-corrected chi connectivity index (χ1v) is 16.8. The summed E-state index contributed by atoms with van der Waals surface area (Å²) in [7, 11) is -2.50. The van der Waals surface area contributed by atoms with Gasteiger partial charge in [0.15, 0.2) is 0 Å². The van der Waals surface area contributed by atoms with Crippen molar-refractivity contribution in [3.05, 3.63) is 171 Å². The van der Waals surface area contributed by atoms with Crippen LogP contribution < -0.4 is 5.19 Å². The Balaban J connectivity index is 1.81. The van der Waals surface area contributed by atoms with Crippen molar-refractivity contribution < 1.29 is 0 Å². The van der Waals surface area contributed by atoms with Crippen LogP contribution in [-0.4, -0.2) is 8.07 Å². The molecule has 5 aromatic carbocycles. The van der Waals surface area contributed by atoms with Crippen LogP contribution >= 0.6 is 31.9 Å². The van der Waals surface area contributed by atoms with Gasteiger partial charge in [-0.05, 0) is 73.2 Å². The summed E-state index contributed by atoms with van der Waals surface area (Å²) in [6, 6.07) is 50.9. The third-order valence-corrected chi connectivity index (χ3v) is 13.1. The molecule has 0 spiro atoms. The average Bonchev–Trinajstić information content (AvgIpc) is 3.25. The molecule has 0 N–H and O–H groups in total. The monoisotopic (exact) mass is 632 g/mol. The molecule has 1 aliphatic rings. The van der Waals surface area contributed by atoms with E-state index in [1.807, 2.05) is 0 Å². The molecule has 184 valence electrons. The van der Waals surface area contributed by atoms with Crippen LogP contribution in [0.15, 0.2) is 148 Å². The molecule has 0 radical (unpaired) electrons. The Labute approximate surface area is 242 Å². The molecule has 0 saturated carbocycles. The van der Waals surface area contributed by atoms with Crippen LogP contribution in [0.1, 0.15) is 22.3 Å². The molecule has 0 bridgehead atoms. The number of hydrogen-bond donors (Lipinski definition) is 0. The molecule has 5 aromatic rings. The van der Waals surface area contributed by atoms with Crippen LogP contribution in [0, 0.1) is 0 Å². The second kappa shape index (κ2) is 10.5. The Hall–Kier alpha value is -3.24. The van der Waals surface area contributed by atoms with Crippen molar-refractivity contribution >= 4 is 66.7 Å². The lowest BCUT2D eigenvalue weighted by Gasteiger charge is -2.31. The highest BCUT2D eigenvalue weighted by atomic mass is 79.9. The van der Waals surface area contributed by atoms with E-state index >= 15 is 0 Å². The van der Waals surface area contributed by atoms with E-state index in [0.717, 1.165) is 8.95 Å². The fourth-order valence-corrected chi connectivity index (χ4v) is 11.1. The Kier molecular flexibility index (Phi) is 6.92. The number of hydrogen-bond acceptors (Lipinski definition) is 0. The summed E-state index contributed by atoms with van der Waals surface area (Å²) in [5.41, 5.74) is 7.76. The normalized spacial score (nSPS) is 14.7. The van der Waals surface area contributed by atoms with Crippen molar-refractivity contribution in [3.8, 4) is 0 Å². The van der Waals surface area contributed by atoms with Gasteiger partial charge in [-0.3, -0.25) is 0 Å². The van der Waals surface area contributed by atoms with Gasteiger partial charge < -0.3 is 0 Å². The largest absolute Gasteiger partial charge is 0.148 e. The SMILES string of the molecule is C[Si]1(c2ccccc2)C(c2ccc(Br)cc2)=C(c2ccccc2)C(c2ccccc2)=C1c1ccc(Br)cc1. The molecule has 0 saturated heterocycles. The lowest BCUT2D eigenvalue weighted by atomic mass is 9.89. The topological polar surface area (TPSA) is 0 Å². The predicted molar refractivity (Wildman–Crippen MR) is 172 cm³/mol. The maximum atomic E-state index is 3.67. The van der Waals surface area contributed by atoms with Gasteiger partial charge in [-0.25, -0.2) is 0 Å². The van der Waals surface area contributed by atoms with E-state index in [-0.39, 0.29) is 0 Å². The fraction of sp³-hybridized carbons (Fsp3) is 0.0286. The number of benzene rings is 5. The molecule has 6 rings (SSSR count). The van der Waals surface area contributed by atoms with E-state index in [1.165, 1.54) is 49.0 Å². The van der Waals surface area contributed by atoms with E-state index in [9.17, 15) is 0 Å². The van der Waals surface area contributed by atoms with Crippen LogP contribution in [-0.2, 0) is 0 Å². The number of halogens is 2. The Bertz CT molecular complexity index is 1530. The molecular formula is C35H26Br2Si. The van der Waals surface area contributed by atoms with Crippen LogP contribution in [0.3, 0.4) is 0 Å². The zero-order chi connectivity index (χ0) is 26.1. The van der Waals surface area contributed by atoms with Crippen LogP contribution in [0.4, 0.5) is 0 Å². The summed E-state index contributed by atoms with van der Waals surface area (Å²) in [6.45, 7) is 2.54. The van der Waals surface area contributed by atoms with Crippen molar-refractivity contribution in [1.82, 2.24) is 0 Å². The standard InChI is InChI=1S/C35H26Br2Si/c1-38(31-15-9-4-10-16-31)34(27-17-21-29(36)22-18-27)32(25-11-5-2-6-12-25)33(26-13-7-3-8-14-26)35(38)28-19-23-30(37)24-20-28/h2-24H,1H3. The van der Waals surface area contributed by atoms with Crippen molar-refractivity contribution in [3.63, 3.8) is 0 Å². The van der Waals surface area contributed by atoms with Crippen LogP contribution in [0.2, 0.25) is 6.55 Å². The van der Waals surface area contributed by atoms with Gasteiger partial charge in [0.2, 0.25) is 0 Å². The summed E-state index contributed by atoms with van der Waals surface area (Å²) in [5.74, 6) is 0. The lowest BCUT2D eigenvalue weighted by Crippen LogP contribution is -2.46. The van der Waals surface area contributed by atoms with Crippen molar-refractivity contribution in [2.24, 2.45) is 0 Å². The van der Waals surface area contributed by atoms with E-state index in [0.29, 0.717) is 0 Å². The molecule has 0 aromatic heterocycles. The quantitative estimate of drug-likeness (QED) is 0.169. The summed E-state index contributed by atoms with van der Waals surface area (Å²) in [4.78, 5) is 0. The molecule has 0 fully saturated rings. The molecule has 0 aliphatic carbocycles. The van der Waals surface area contributed by atoms with E-state index in [2.05, 4.69) is 178 Å². The highest BCUT2D eigenvalue weighted by Gasteiger charge is 2.48. The summed E-state index contributed by atoms with van der Waals surface area (Å²) < 4.78 is 2.18. The van der Waals surface area contributed by atoms with Gasteiger partial charge in [-0.1, -0.05) is 154 Å². The molecule has 1 heterocycles. The van der Waals surface area contributed by atoms with E-state index < -0.39 is 8.07 Å². The van der Waals surface area contributed by atoms with E-state index in [1.54, 1.807) is 0 Å². The second-order valence-corrected chi connectivity index (χ2v) is 15.4. The van der Waals surface area contributed by atoms with Crippen LogP contribution in [0.5, 0.6) is 0 Å². The maximum Gasteiger partial charge on any atom is 0.148 e. The van der Waals surface area contributed by atoms with Gasteiger partial charge >= 0.3 is 0 Å². The van der Waals surface area contributed by atoms with Gasteiger partial charge in [-0.2, -0.15) is 0 Å². The summed E-state index contributed by atoms with van der Waals surface area (Å²) >= 11 is 7.34. The highest BCUT2D eigenvalue weighted by Crippen LogP contribution is 2.55. The van der Waals surface area contributed by atoms with Gasteiger partial charge in [0, 0.05) is 8.95 Å². The van der Waals surface area contributed by atoms with Crippen molar-refractivity contribution in [1.29, 1.82) is 0 Å². The second-order valence-electron chi connectivity index (χ2n) is 9.74. The van der Waals surface area contributed by atoms with E-state index in [4.69, 9.17) is 0 Å². The molecule has 3 heteroatoms. The van der Waals surface area contributed by atoms with Crippen LogP contribution in [0.25, 0.3) is 21.5 Å². The Morgan fingerprint density at radius 3 is 1.11 bits per heavy atom. The third kappa shape index (κ3) is 4.39. The minimum absolute atomic E-state index is 1.09. The minimum atomic E-state index is -2.50. The lowest BCUT2D eigenvalue weighted by molar-refractivity contribution is 1.57. The van der Waals surface area contributed by atoms with Gasteiger partial charge in [-0.15, -0.1) is 0 Å². The number of allylic oxidation sites excluding steroid dienone is 2. The molecule has 1 aliphatic heterocycles. The average molecular weight is 634 g/mol. The minimum Gasteiger partial charge on any atom is -0.0624 e. The first-order chi connectivity index (χ1) is 18.6. The van der Waals surface area contributed by atoms with Gasteiger partial charge in [0.05, 0.1) is 0 Å². The Morgan fingerprint density at radius 2 is 0.737 bits per heavy atom. The predicted octanol–water partition coefficient (Wildman–Crippen LogP) is 9.81. The maximum absolute atomic E-state index is 3.67. The zero-order valence-corrected chi connectivity index (χ0v) is 25.2. The Morgan fingerprint density at radius 1 is 0.395 bits per heavy atom. The number of rotatable bonds is 5. The summed E-state index contributed by atoms with van der Waals surface area (Å²) in [6.07, 6.45) is 0. The molecule has 0 unspecified atom stereocenters. The zero-order valence-electron chi connectivity index (χ0n) is 21.0. The molecule has 0 amide bonds. The van der Waals surface area contributed by atoms with Crippen molar-refractivity contribution in [2.75, 3.05) is 0 Å².